The van der Waals surface area contributed by atoms with E-state index in [1.807, 2.05) is 48.5 Å². The Kier molecular flexibility index (Phi) is 48.9. The van der Waals surface area contributed by atoms with E-state index in [4.69, 9.17) is 111 Å². The third-order valence-corrected chi connectivity index (χ3v) is 20.1. The number of methoxy groups -OCH3 is 8. The number of hydrogen-bond acceptors (Lipinski definition) is 34. The zero-order chi connectivity index (χ0) is 92.9. The van der Waals surface area contributed by atoms with Crippen molar-refractivity contribution in [2.75, 3.05) is 189 Å². The highest BCUT2D eigenvalue weighted by Gasteiger charge is 2.22. The van der Waals surface area contributed by atoms with Crippen molar-refractivity contribution in [1.29, 1.82) is 0 Å². The average Bonchev–Trinajstić information content (AvgIpc) is 0.829. The zero-order valence-electron chi connectivity index (χ0n) is 76.2. The Labute approximate surface area is 763 Å². The molecule has 38 nitrogen and oxygen atoms in total. The Morgan fingerprint density at radius 2 is 0.485 bits per heavy atom. The van der Waals surface area contributed by atoms with Crippen LogP contribution in [0.25, 0.3) is 0 Å². The van der Waals surface area contributed by atoms with Crippen molar-refractivity contribution < 1.29 is 90.2 Å². The van der Waals surface area contributed by atoms with Crippen LogP contribution in [0.2, 0.25) is 0 Å². The lowest BCUT2D eigenvalue weighted by Crippen LogP contribution is -2.24. The molecular formula is C92H137N19O19. The number of carbonyl (C=O) groups excluding carboxylic acids is 4. The quantitative estimate of drug-likeness (QED) is 0.0158. The smallest absolute Gasteiger partial charge is 0.221 e. The number of nitrogens with two attached hydrogens (primary N) is 7. The molecule has 8 rings (SSSR count). The minimum atomic E-state index is 0. The van der Waals surface area contributed by atoms with Crippen molar-refractivity contribution >= 4 is 64.7 Å². The molecule has 0 aliphatic heterocycles. The minimum absolute atomic E-state index is 0. The lowest BCUT2D eigenvalue weighted by molar-refractivity contribution is -0.122. The fourth-order valence-electron chi connectivity index (χ4n) is 13.2. The lowest BCUT2D eigenvalue weighted by atomic mass is 10.1. The molecule has 4 aromatic carbocycles. The van der Waals surface area contributed by atoms with Gasteiger partial charge in [-0.25, -0.2) is 24.9 Å². The Bertz CT molecular complexity index is 4360. The van der Waals surface area contributed by atoms with Crippen molar-refractivity contribution in [1.82, 2.24) is 61.1 Å². The summed E-state index contributed by atoms with van der Waals surface area (Å²) < 4.78 is 85.9. The standard InChI is InChI=1S/C47H69N9O10.C44H64N10O9.CH4/c1-32-53-30-35(45(48)55-32)24-33-26-37(59-2)43(38(27-33)60-3)65-20-10-6-14-41(57)51-16-8-12-18-63-22-23-64-19-13-9-17-52-42(58)15-7-11-21-66-44-39(61-4)28-34(29-40(44)62-5)25-36-31-54-47(50)56-46(36)49;1-57-33-23-29(21-31-27-51-43(47)53-41(31)45)24-34(58-2)39(33)62-19-9-5-13-37(55)49-15-7-11-17-61-18-12-8-16-50-38(56)14-6-10-20-63-40-35(59-3)25-30(26-36(40)60-4)22-32-28-52-44(48)54-42(32)46;/h26-31H,6-25H2,1-5H3,(H,51,57)(H,52,58)(H2,48,53,55)(H4,49,50,54,56);23-28H,5-22H2,1-4H3,(H,49,55)(H,50,56)(H4,45,47,51,53)(H4,46,48,52,54);1H4. The first-order valence-corrected chi connectivity index (χ1v) is 43.6. The van der Waals surface area contributed by atoms with Gasteiger partial charge in [-0.2, -0.15) is 15.0 Å². The highest BCUT2D eigenvalue weighted by molar-refractivity contribution is 5.77. The maximum atomic E-state index is 12.3. The Morgan fingerprint density at radius 3 is 0.700 bits per heavy atom. The van der Waals surface area contributed by atoms with Gasteiger partial charge >= 0.3 is 0 Å². The summed E-state index contributed by atoms with van der Waals surface area (Å²) in [6.45, 7) is 9.24. The molecule has 0 saturated heterocycles. The predicted octanol–water partition coefficient (Wildman–Crippen LogP) is 10.2. The summed E-state index contributed by atoms with van der Waals surface area (Å²) in [6, 6.07) is 14.9. The van der Waals surface area contributed by atoms with Crippen molar-refractivity contribution in [2.24, 2.45) is 0 Å². The monoisotopic (exact) mass is 1810 g/mol. The SMILES string of the molecule is C.COc1cc(Cc2cnc(C)nc2N)cc(OC)c1OCCCCC(=O)NCCCCOCCOCCCCNC(=O)CCCCOc1c(OC)cc(Cc2cnc(N)nc2N)cc1OC.COc1cc(Cc2cnc(N)nc2N)cc(OC)c1OCCCCC(=O)NCCCCOCCCCNC(=O)CCCCOc1c(OC)cc(Cc2cnc(N)nc2N)cc1OC. The van der Waals surface area contributed by atoms with Gasteiger partial charge in [-0.15, -0.1) is 0 Å². The van der Waals surface area contributed by atoms with E-state index in [9.17, 15) is 19.2 Å². The largest absolute Gasteiger partial charge is 0.493 e. The maximum Gasteiger partial charge on any atom is 0.221 e. The number of nitrogens with one attached hydrogen (secondary N) is 4. The highest BCUT2D eigenvalue weighted by Crippen LogP contribution is 2.44. The number of aromatic nitrogens is 8. The summed E-state index contributed by atoms with van der Waals surface area (Å²) in [4.78, 5) is 82.0. The average molecular weight is 1810 g/mol. The molecule has 4 amide bonds. The number of amides is 4. The van der Waals surface area contributed by atoms with Gasteiger partial charge in [-0.05, 0) is 180 Å². The van der Waals surface area contributed by atoms with Gasteiger partial charge in [0.05, 0.1) is 96.5 Å². The van der Waals surface area contributed by atoms with Crippen LogP contribution in [-0.2, 0) is 59.1 Å². The van der Waals surface area contributed by atoms with Crippen LogP contribution in [0, 0.1) is 6.92 Å². The molecule has 0 fully saturated rings. The minimum Gasteiger partial charge on any atom is -0.493 e. The summed E-state index contributed by atoms with van der Waals surface area (Å²) in [5.41, 5.74) is 47.5. The highest BCUT2D eigenvalue weighted by atomic mass is 16.6. The van der Waals surface area contributed by atoms with Gasteiger partial charge in [0.25, 0.3) is 0 Å². The van der Waals surface area contributed by atoms with Crippen LogP contribution in [0.15, 0.2) is 73.3 Å². The molecule has 0 radical (unpaired) electrons. The van der Waals surface area contributed by atoms with Crippen molar-refractivity contribution in [3.63, 3.8) is 0 Å². The van der Waals surface area contributed by atoms with Crippen LogP contribution in [0.5, 0.6) is 69.0 Å². The number of aryl methyl sites for hydroxylation is 1. The van der Waals surface area contributed by atoms with E-state index < -0.39 is 0 Å². The number of ether oxygens (including phenoxy) is 15. The number of hydrogen-bond donors (Lipinski definition) is 11. The van der Waals surface area contributed by atoms with Crippen molar-refractivity contribution in [2.45, 2.75) is 168 Å². The zero-order valence-corrected chi connectivity index (χ0v) is 76.2. The molecule has 4 aromatic heterocycles. The van der Waals surface area contributed by atoms with Gasteiger partial charge in [-0.1, -0.05) is 7.43 Å². The number of rotatable bonds is 63. The second-order valence-electron chi connectivity index (χ2n) is 30.1. The van der Waals surface area contributed by atoms with Gasteiger partial charge in [0, 0.05) is 151 Å². The molecule has 18 N–H and O–H groups in total. The van der Waals surface area contributed by atoms with Crippen molar-refractivity contribution in [3.05, 3.63) is 124 Å². The summed E-state index contributed by atoms with van der Waals surface area (Å²) in [6.07, 6.45) is 22.2. The van der Waals surface area contributed by atoms with E-state index in [2.05, 4.69) is 61.1 Å². The molecule has 0 aliphatic rings. The Balaban J connectivity index is 0.000000398. The van der Waals surface area contributed by atoms with E-state index in [1.165, 1.54) is 0 Å². The van der Waals surface area contributed by atoms with Crippen LogP contribution in [0.4, 0.5) is 41.1 Å². The molecule has 38 heteroatoms. The Hall–Kier alpha value is -12.8. The molecular weight excluding hydrogens is 1680 g/mol. The molecule has 714 valence electrons. The van der Waals surface area contributed by atoms with Gasteiger partial charge in [0.1, 0.15) is 29.1 Å². The van der Waals surface area contributed by atoms with E-state index in [1.54, 1.807) is 88.6 Å². The third kappa shape index (κ3) is 38.2. The van der Waals surface area contributed by atoms with Crippen LogP contribution in [0.3, 0.4) is 0 Å². The molecule has 0 unspecified atom stereocenters. The van der Waals surface area contributed by atoms with Gasteiger partial charge in [-0.3, -0.25) is 19.2 Å². The fraction of sp³-hybridized carbons (Fsp3) is 0.522. The number of anilines is 7. The number of carbonyl (C=O) groups is 4. The van der Waals surface area contributed by atoms with Gasteiger partial charge in [0.2, 0.25) is 64.5 Å². The number of unbranched alkanes of at least 4 members (excludes halogenated alkanes) is 8. The summed E-state index contributed by atoms with van der Waals surface area (Å²) in [5.74, 6) is 8.65. The first-order valence-electron chi connectivity index (χ1n) is 43.6. The molecule has 0 aliphatic carbocycles. The molecule has 8 aromatic rings. The fourth-order valence-corrected chi connectivity index (χ4v) is 13.2. The van der Waals surface area contributed by atoms with Gasteiger partial charge < -0.3 is 132 Å². The molecule has 0 bridgehead atoms. The summed E-state index contributed by atoms with van der Waals surface area (Å²) in [5, 5.41) is 11.9. The van der Waals surface area contributed by atoms with Crippen LogP contribution in [-0.4, -0.2) is 213 Å². The van der Waals surface area contributed by atoms with E-state index >= 15 is 0 Å². The van der Waals surface area contributed by atoms with Crippen molar-refractivity contribution in [3.8, 4) is 69.0 Å². The number of nitrogen functional groups attached to an aromatic ring is 7. The predicted molar refractivity (Wildman–Crippen MR) is 499 cm³/mol. The maximum absolute atomic E-state index is 12.3. The first-order chi connectivity index (χ1) is 62.6. The normalized spacial score (nSPS) is 10.8. The third-order valence-electron chi connectivity index (χ3n) is 20.1. The second-order valence-corrected chi connectivity index (χ2v) is 30.1. The molecule has 0 spiro atoms. The second kappa shape index (κ2) is 60.1. The summed E-state index contributed by atoms with van der Waals surface area (Å²) >= 11 is 0. The van der Waals surface area contributed by atoms with Crippen LogP contribution >= 0.6 is 0 Å². The first kappa shape index (κ1) is 106. The topological polar surface area (TPSA) is 540 Å². The van der Waals surface area contributed by atoms with Crippen LogP contribution < -0.4 is 118 Å². The van der Waals surface area contributed by atoms with Crippen LogP contribution in [0.1, 0.15) is 186 Å². The van der Waals surface area contributed by atoms with E-state index in [-0.39, 0.29) is 48.9 Å². The summed E-state index contributed by atoms with van der Waals surface area (Å²) in [7, 11) is 12.6. The molecule has 0 saturated carbocycles. The number of benzene rings is 4. The molecule has 130 heavy (non-hydrogen) atoms. The number of nitrogens with zero attached hydrogens (tertiary/aromatic N) is 8. The lowest BCUT2D eigenvalue weighted by Gasteiger charge is -2.16. The van der Waals surface area contributed by atoms with E-state index in [0.717, 1.165) is 95.9 Å². The van der Waals surface area contributed by atoms with E-state index in [0.29, 0.717) is 293 Å². The molecule has 4 heterocycles. The van der Waals surface area contributed by atoms with Gasteiger partial charge in [0.15, 0.2) is 46.0 Å². The molecule has 0 atom stereocenters. The Morgan fingerprint density at radius 1 is 0.277 bits per heavy atom.